The van der Waals surface area contributed by atoms with Gasteiger partial charge in [-0.3, -0.25) is 9.48 Å². The first kappa shape index (κ1) is 19.4. The van der Waals surface area contributed by atoms with Crippen LogP contribution >= 0.6 is 27.3 Å². The van der Waals surface area contributed by atoms with Gasteiger partial charge >= 0.3 is 6.09 Å². The summed E-state index contributed by atoms with van der Waals surface area (Å²) in [6, 6.07) is -0.0778. The Bertz CT molecular complexity index is 853. The average Bonchev–Trinajstić information content (AvgIpc) is 3.02. The van der Waals surface area contributed by atoms with Gasteiger partial charge in [0, 0.05) is 26.2 Å². The van der Waals surface area contributed by atoms with E-state index in [9.17, 15) is 9.59 Å². The van der Waals surface area contributed by atoms with Gasteiger partial charge < -0.3 is 26.4 Å². The van der Waals surface area contributed by atoms with E-state index in [1.807, 2.05) is 0 Å². The van der Waals surface area contributed by atoms with Crippen LogP contribution in [-0.4, -0.2) is 51.0 Å². The zero-order valence-electron chi connectivity index (χ0n) is 14.6. The van der Waals surface area contributed by atoms with Crippen molar-refractivity contribution in [3.63, 3.8) is 0 Å². The SMILES string of the molecule is Cn1ncc(NC(=O)c2nc(Br)sc2N)c1N1CCCC(NC(=O)O)CC1. The lowest BCUT2D eigenvalue weighted by Gasteiger charge is -2.24. The van der Waals surface area contributed by atoms with Crippen molar-refractivity contribution in [2.24, 2.45) is 7.05 Å². The lowest BCUT2D eigenvalue weighted by atomic mass is 10.1. The highest BCUT2D eigenvalue weighted by Gasteiger charge is 2.24. The van der Waals surface area contributed by atoms with Crippen molar-refractivity contribution in [3.8, 4) is 0 Å². The lowest BCUT2D eigenvalue weighted by Crippen LogP contribution is -2.35. The summed E-state index contributed by atoms with van der Waals surface area (Å²) in [5.41, 5.74) is 6.57. The van der Waals surface area contributed by atoms with Crippen LogP contribution in [0.4, 0.5) is 21.3 Å². The van der Waals surface area contributed by atoms with Crippen LogP contribution in [0.5, 0.6) is 0 Å². The fourth-order valence-corrected chi connectivity index (χ4v) is 4.42. The van der Waals surface area contributed by atoms with Gasteiger partial charge in [-0.25, -0.2) is 9.78 Å². The third-order valence-corrected chi connectivity index (χ3v) is 5.69. The van der Waals surface area contributed by atoms with E-state index in [4.69, 9.17) is 10.8 Å². The maximum Gasteiger partial charge on any atom is 0.404 e. The molecule has 2 amide bonds. The van der Waals surface area contributed by atoms with Gasteiger partial charge in [0.25, 0.3) is 5.91 Å². The molecule has 10 nitrogen and oxygen atoms in total. The molecule has 3 rings (SSSR count). The number of nitrogens with two attached hydrogens (primary N) is 1. The maximum atomic E-state index is 12.5. The van der Waals surface area contributed by atoms with Crippen LogP contribution in [0, 0.1) is 0 Å². The number of halogens is 1. The normalized spacial score (nSPS) is 17.4. The molecule has 146 valence electrons. The van der Waals surface area contributed by atoms with E-state index in [2.05, 4.69) is 41.5 Å². The molecule has 0 aliphatic carbocycles. The second-order valence-corrected chi connectivity index (χ2v) is 8.51. The summed E-state index contributed by atoms with van der Waals surface area (Å²) >= 11 is 4.41. The van der Waals surface area contributed by atoms with Gasteiger partial charge in [0.1, 0.15) is 10.7 Å². The smallest absolute Gasteiger partial charge is 0.404 e. The minimum Gasteiger partial charge on any atom is -0.465 e. The molecule has 5 N–H and O–H groups in total. The predicted octanol–water partition coefficient (Wildman–Crippen LogP) is 2.10. The second kappa shape index (κ2) is 8.13. The topological polar surface area (TPSA) is 138 Å². The molecule has 0 saturated carbocycles. The molecule has 0 bridgehead atoms. The first-order valence-corrected chi connectivity index (χ1v) is 9.95. The van der Waals surface area contributed by atoms with Gasteiger partial charge in [-0.15, -0.1) is 0 Å². The van der Waals surface area contributed by atoms with E-state index < -0.39 is 12.0 Å². The van der Waals surface area contributed by atoms with Gasteiger partial charge in [-0.05, 0) is 35.2 Å². The summed E-state index contributed by atoms with van der Waals surface area (Å²) in [7, 11) is 1.80. The maximum absolute atomic E-state index is 12.5. The molecule has 1 fully saturated rings. The molecule has 0 spiro atoms. The number of anilines is 3. The lowest BCUT2D eigenvalue weighted by molar-refractivity contribution is 0.102. The Morgan fingerprint density at radius 3 is 2.85 bits per heavy atom. The zero-order valence-corrected chi connectivity index (χ0v) is 17.0. The molecule has 0 radical (unpaired) electrons. The van der Waals surface area contributed by atoms with Gasteiger partial charge in [0.15, 0.2) is 15.4 Å². The monoisotopic (exact) mass is 457 g/mol. The number of aromatic nitrogens is 3. The summed E-state index contributed by atoms with van der Waals surface area (Å²) in [5, 5.41) is 18.9. The Morgan fingerprint density at radius 2 is 2.19 bits per heavy atom. The molecule has 2 aromatic heterocycles. The van der Waals surface area contributed by atoms with Crippen molar-refractivity contribution >= 4 is 55.8 Å². The minimum atomic E-state index is -1.01. The first-order valence-electron chi connectivity index (χ1n) is 8.34. The van der Waals surface area contributed by atoms with Crippen LogP contribution in [0.15, 0.2) is 10.1 Å². The fraction of sp³-hybridized carbons (Fsp3) is 0.467. The Labute approximate surface area is 167 Å². The number of aryl methyl sites for hydroxylation is 1. The number of thiazole rings is 1. The number of nitrogens with zero attached hydrogens (tertiary/aromatic N) is 4. The molecule has 1 unspecified atom stereocenters. The first-order chi connectivity index (χ1) is 12.8. The molecule has 0 aromatic carbocycles. The third kappa shape index (κ3) is 4.50. The molecule has 3 heterocycles. The van der Waals surface area contributed by atoms with Gasteiger partial charge in [0.05, 0.1) is 6.20 Å². The van der Waals surface area contributed by atoms with E-state index >= 15 is 0 Å². The van der Waals surface area contributed by atoms with Crippen LogP contribution < -0.4 is 21.3 Å². The highest BCUT2D eigenvalue weighted by molar-refractivity contribution is 9.11. The number of amides is 2. The zero-order chi connectivity index (χ0) is 19.6. The molecule has 1 saturated heterocycles. The largest absolute Gasteiger partial charge is 0.465 e. The number of carbonyl (C=O) groups excluding carboxylic acids is 1. The van der Waals surface area contributed by atoms with Crippen molar-refractivity contribution in [1.29, 1.82) is 0 Å². The second-order valence-electron chi connectivity index (χ2n) is 6.20. The summed E-state index contributed by atoms with van der Waals surface area (Å²) in [5.74, 6) is 0.371. The van der Waals surface area contributed by atoms with Gasteiger partial charge in [0.2, 0.25) is 0 Å². The van der Waals surface area contributed by atoms with Crippen LogP contribution in [0.25, 0.3) is 0 Å². The molecule has 1 atom stereocenters. The summed E-state index contributed by atoms with van der Waals surface area (Å²) in [6.07, 6.45) is 2.86. The Hall–Kier alpha value is -2.34. The third-order valence-electron chi connectivity index (χ3n) is 4.35. The average molecular weight is 458 g/mol. The predicted molar refractivity (Wildman–Crippen MR) is 106 cm³/mol. The quantitative estimate of drug-likeness (QED) is 0.550. The summed E-state index contributed by atoms with van der Waals surface area (Å²) < 4.78 is 2.24. The van der Waals surface area contributed by atoms with Gasteiger partial charge in [-0.2, -0.15) is 5.10 Å². The Balaban J connectivity index is 1.75. The molecule has 1 aliphatic heterocycles. The van der Waals surface area contributed by atoms with Crippen molar-refractivity contribution in [3.05, 3.63) is 15.8 Å². The van der Waals surface area contributed by atoms with Crippen LogP contribution in [0.3, 0.4) is 0 Å². The highest BCUT2D eigenvalue weighted by atomic mass is 79.9. The molecule has 1 aliphatic rings. The number of nitrogens with one attached hydrogen (secondary N) is 2. The standard InChI is InChI=1S/C15H20BrN7O3S/c1-22-13(23-5-2-3-8(4-6-23)19-15(25)26)9(7-18-22)20-12(24)10-11(17)27-14(16)21-10/h7-8,19H,2-6,17H2,1H3,(H,20,24)(H,25,26). The van der Waals surface area contributed by atoms with E-state index in [-0.39, 0.29) is 11.7 Å². The van der Waals surface area contributed by atoms with Crippen LogP contribution in [0.2, 0.25) is 0 Å². The summed E-state index contributed by atoms with van der Waals surface area (Å²) in [6.45, 7) is 1.39. The highest BCUT2D eigenvalue weighted by Crippen LogP contribution is 2.30. The molecular formula is C15H20BrN7O3S. The number of nitrogen functional groups attached to an aromatic ring is 1. The number of rotatable bonds is 4. The Morgan fingerprint density at radius 1 is 1.41 bits per heavy atom. The molecule has 12 heteroatoms. The van der Waals surface area contributed by atoms with Crippen LogP contribution in [-0.2, 0) is 7.05 Å². The number of hydrogen-bond donors (Lipinski definition) is 4. The number of carbonyl (C=O) groups is 2. The van der Waals surface area contributed by atoms with Crippen molar-refractivity contribution in [2.75, 3.05) is 29.0 Å². The van der Waals surface area contributed by atoms with Crippen molar-refractivity contribution < 1.29 is 14.7 Å². The fourth-order valence-electron chi connectivity index (χ4n) is 3.17. The van der Waals surface area contributed by atoms with Crippen LogP contribution in [0.1, 0.15) is 29.8 Å². The van der Waals surface area contributed by atoms with E-state index in [1.165, 1.54) is 11.3 Å². The number of hydrogen-bond acceptors (Lipinski definition) is 7. The van der Waals surface area contributed by atoms with Crippen molar-refractivity contribution in [2.45, 2.75) is 25.3 Å². The molecule has 2 aromatic rings. The van der Waals surface area contributed by atoms with Crippen molar-refractivity contribution in [1.82, 2.24) is 20.1 Å². The van der Waals surface area contributed by atoms with E-state index in [0.29, 0.717) is 27.6 Å². The molecular weight excluding hydrogens is 438 g/mol. The Kier molecular flexibility index (Phi) is 5.85. The summed E-state index contributed by atoms with van der Waals surface area (Å²) in [4.78, 5) is 29.6. The number of carboxylic acid groups (broad SMARTS) is 1. The van der Waals surface area contributed by atoms with E-state index in [1.54, 1.807) is 17.9 Å². The minimum absolute atomic E-state index is 0.0778. The molecule has 27 heavy (non-hydrogen) atoms. The van der Waals surface area contributed by atoms with Gasteiger partial charge in [-0.1, -0.05) is 11.3 Å². The van der Waals surface area contributed by atoms with E-state index in [0.717, 1.165) is 25.2 Å².